The van der Waals surface area contributed by atoms with Crippen LogP contribution in [0.3, 0.4) is 0 Å². The van der Waals surface area contributed by atoms with Gasteiger partial charge in [0.25, 0.3) is 0 Å². The fourth-order valence-corrected chi connectivity index (χ4v) is 0.955. The van der Waals surface area contributed by atoms with Crippen molar-refractivity contribution in [3.8, 4) is 5.75 Å². The molecule has 0 saturated carbocycles. The van der Waals surface area contributed by atoms with Gasteiger partial charge in [0.1, 0.15) is 5.82 Å². The van der Waals surface area contributed by atoms with Gasteiger partial charge in [0.2, 0.25) is 0 Å². The van der Waals surface area contributed by atoms with E-state index in [1.807, 2.05) is 0 Å². The van der Waals surface area contributed by atoms with Crippen molar-refractivity contribution >= 4 is 12.4 Å². The third kappa shape index (κ3) is 2.14. The Labute approximate surface area is 72.4 Å². The molecule has 0 saturated heterocycles. The highest BCUT2D eigenvalue weighted by atomic mass is 19.4. The minimum absolute atomic E-state index is 0.479. The highest BCUT2D eigenvalue weighted by Gasteiger charge is 2.29. The Balaban J connectivity index is 3.22. The van der Waals surface area contributed by atoms with Crippen LogP contribution in [0.25, 0.3) is 0 Å². The summed E-state index contributed by atoms with van der Waals surface area (Å²) in [5.74, 6) is -1.23. The van der Waals surface area contributed by atoms with E-state index in [4.69, 9.17) is 0 Å². The van der Waals surface area contributed by atoms with Crippen molar-refractivity contribution in [2.75, 3.05) is 7.11 Å². The molecular formula is C7H6BF4O-. The molecule has 0 aliphatic rings. The summed E-state index contributed by atoms with van der Waals surface area (Å²) in [5.41, 5.74) is -0.913. The van der Waals surface area contributed by atoms with E-state index in [0.29, 0.717) is 12.1 Å². The molecule has 0 radical (unpaired) electrons. The SMILES string of the molecule is COc1cc(F)ccc1[B-](F)(F)F. The van der Waals surface area contributed by atoms with Crippen molar-refractivity contribution in [2.24, 2.45) is 0 Å². The molecule has 1 aromatic carbocycles. The van der Waals surface area contributed by atoms with E-state index in [-0.39, 0.29) is 0 Å². The Hall–Kier alpha value is -1.20. The van der Waals surface area contributed by atoms with E-state index in [2.05, 4.69) is 4.74 Å². The highest BCUT2D eigenvalue weighted by Crippen LogP contribution is 2.18. The van der Waals surface area contributed by atoms with Crippen LogP contribution in [0.1, 0.15) is 0 Å². The predicted octanol–water partition coefficient (Wildman–Crippen LogP) is 1.89. The highest BCUT2D eigenvalue weighted by molar-refractivity contribution is 6.74. The van der Waals surface area contributed by atoms with Crippen LogP contribution in [0, 0.1) is 5.82 Å². The molecule has 0 unspecified atom stereocenters. The molecule has 0 aliphatic carbocycles. The second kappa shape index (κ2) is 3.28. The van der Waals surface area contributed by atoms with Crippen LogP contribution in [-0.2, 0) is 0 Å². The maximum Gasteiger partial charge on any atom is 0.513 e. The van der Waals surface area contributed by atoms with Crippen molar-refractivity contribution in [2.45, 2.75) is 0 Å². The lowest BCUT2D eigenvalue weighted by molar-refractivity contribution is 0.409. The molecule has 0 aromatic heterocycles. The van der Waals surface area contributed by atoms with Crippen LogP contribution in [0.5, 0.6) is 5.75 Å². The lowest BCUT2D eigenvalue weighted by Gasteiger charge is -2.18. The molecule has 0 atom stereocenters. The molecule has 1 aromatic rings. The average molecular weight is 193 g/mol. The Morgan fingerprint density at radius 2 is 1.85 bits per heavy atom. The Kier molecular flexibility index (Phi) is 2.49. The maximum absolute atomic E-state index is 12.5. The van der Waals surface area contributed by atoms with E-state index in [1.165, 1.54) is 0 Å². The molecule has 0 heterocycles. The van der Waals surface area contributed by atoms with Gasteiger partial charge in [-0.1, -0.05) is 11.5 Å². The standard InChI is InChI=1S/C7H6BF4O/c1-13-7-4-5(9)2-3-6(7)8(10,11)12/h2-4H,1H3/q-1. The van der Waals surface area contributed by atoms with Gasteiger partial charge in [-0.3, -0.25) is 0 Å². The second-order valence-corrected chi connectivity index (χ2v) is 2.46. The van der Waals surface area contributed by atoms with Crippen molar-refractivity contribution in [1.29, 1.82) is 0 Å². The monoisotopic (exact) mass is 193 g/mol. The van der Waals surface area contributed by atoms with Gasteiger partial charge < -0.3 is 17.7 Å². The van der Waals surface area contributed by atoms with Gasteiger partial charge in [-0.25, -0.2) is 4.39 Å². The number of benzene rings is 1. The second-order valence-electron chi connectivity index (χ2n) is 2.46. The fraction of sp³-hybridized carbons (Fsp3) is 0.143. The minimum atomic E-state index is -5.14. The average Bonchev–Trinajstić information content (AvgIpc) is 2.01. The van der Waals surface area contributed by atoms with Gasteiger partial charge in [0, 0.05) is 6.07 Å². The molecule has 13 heavy (non-hydrogen) atoms. The van der Waals surface area contributed by atoms with Crippen LogP contribution < -0.4 is 10.2 Å². The maximum atomic E-state index is 12.5. The molecule has 0 amide bonds. The third-order valence-electron chi connectivity index (χ3n) is 1.55. The van der Waals surface area contributed by atoms with Crippen molar-refractivity contribution in [1.82, 2.24) is 0 Å². The number of hydrogen-bond donors (Lipinski definition) is 0. The van der Waals surface area contributed by atoms with E-state index in [9.17, 15) is 17.3 Å². The summed E-state index contributed by atoms with van der Waals surface area (Å²) in [7, 11) is 1.07. The Morgan fingerprint density at radius 3 is 2.31 bits per heavy atom. The first-order valence-electron chi connectivity index (χ1n) is 3.48. The van der Waals surface area contributed by atoms with Crippen LogP contribution >= 0.6 is 0 Å². The fourth-order valence-electron chi connectivity index (χ4n) is 0.955. The first kappa shape index (κ1) is 9.89. The zero-order chi connectivity index (χ0) is 10.1. The van der Waals surface area contributed by atoms with Gasteiger partial charge in [-0.05, 0) is 6.07 Å². The summed E-state index contributed by atoms with van der Waals surface area (Å²) in [5, 5.41) is 0. The van der Waals surface area contributed by atoms with Gasteiger partial charge in [-0.2, -0.15) is 0 Å². The molecule has 0 N–H and O–H groups in total. The number of hydrogen-bond acceptors (Lipinski definition) is 1. The predicted molar refractivity (Wildman–Crippen MR) is 41.7 cm³/mol. The zero-order valence-electron chi connectivity index (χ0n) is 6.73. The molecule has 0 bridgehead atoms. The molecule has 6 heteroatoms. The summed E-state index contributed by atoms with van der Waals surface area (Å²) in [6, 6.07) is 2.14. The number of halogens is 4. The summed E-state index contributed by atoms with van der Waals surface area (Å²) >= 11 is 0. The van der Waals surface area contributed by atoms with Gasteiger partial charge in [0.05, 0.1) is 12.9 Å². The van der Waals surface area contributed by atoms with Gasteiger partial charge in [0.15, 0.2) is 0 Å². The first-order chi connectivity index (χ1) is 5.95. The van der Waals surface area contributed by atoms with E-state index >= 15 is 0 Å². The van der Waals surface area contributed by atoms with Gasteiger partial charge in [-0.15, -0.1) is 0 Å². The van der Waals surface area contributed by atoms with E-state index in [0.717, 1.165) is 13.2 Å². The van der Waals surface area contributed by atoms with Crippen molar-refractivity contribution in [3.05, 3.63) is 24.0 Å². The molecule has 0 fully saturated rings. The quantitative estimate of drug-likeness (QED) is 0.514. The van der Waals surface area contributed by atoms with Crippen molar-refractivity contribution < 1.29 is 22.1 Å². The molecule has 0 spiro atoms. The number of methoxy groups -OCH3 is 1. The summed E-state index contributed by atoms with van der Waals surface area (Å²) in [4.78, 5) is 0. The lowest BCUT2D eigenvalue weighted by Crippen LogP contribution is -2.35. The molecule has 72 valence electrons. The zero-order valence-corrected chi connectivity index (χ0v) is 6.73. The number of ether oxygens (including phenoxy) is 1. The first-order valence-corrected chi connectivity index (χ1v) is 3.48. The molecule has 0 aliphatic heterocycles. The smallest absolute Gasteiger partial charge is 0.500 e. The van der Waals surface area contributed by atoms with Crippen LogP contribution in [-0.4, -0.2) is 14.1 Å². The van der Waals surface area contributed by atoms with E-state index in [1.54, 1.807) is 0 Å². The lowest BCUT2D eigenvalue weighted by atomic mass is 9.79. The van der Waals surface area contributed by atoms with Crippen LogP contribution in [0.2, 0.25) is 0 Å². The van der Waals surface area contributed by atoms with Crippen LogP contribution in [0.4, 0.5) is 17.3 Å². The summed E-state index contributed by atoms with van der Waals surface area (Å²) < 4.78 is 53.6. The summed E-state index contributed by atoms with van der Waals surface area (Å²) in [6.45, 7) is -5.14. The molecule has 1 rings (SSSR count). The topological polar surface area (TPSA) is 9.23 Å². The Morgan fingerprint density at radius 1 is 1.23 bits per heavy atom. The summed E-state index contributed by atoms with van der Waals surface area (Å²) in [6.07, 6.45) is 0. The Bertz CT molecular complexity index is 310. The molecule has 1 nitrogen and oxygen atoms in total. The van der Waals surface area contributed by atoms with Gasteiger partial charge >= 0.3 is 6.98 Å². The van der Waals surface area contributed by atoms with Crippen LogP contribution in [0.15, 0.2) is 18.2 Å². The normalized spacial score (nSPS) is 11.5. The molecular weight excluding hydrogens is 187 g/mol. The third-order valence-corrected chi connectivity index (χ3v) is 1.55. The number of rotatable bonds is 2. The minimum Gasteiger partial charge on any atom is -0.500 e. The van der Waals surface area contributed by atoms with Crippen molar-refractivity contribution in [3.63, 3.8) is 0 Å². The van der Waals surface area contributed by atoms with E-state index < -0.39 is 24.0 Å². The largest absolute Gasteiger partial charge is 0.513 e.